The summed E-state index contributed by atoms with van der Waals surface area (Å²) in [7, 11) is 0. The SMILES string of the molecule is O=C(O)COc1ccc(N2C(=O)C(=O)C(=C(O)c3ccccc3)[C@@H]2c2ccc(Cl)cc2Cl)cc1. The normalized spacial score (nSPS) is 17.1. The number of carbonyl (C=O) groups excluding carboxylic acids is 2. The summed E-state index contributed by atoms with van der Waals surface area (Å²) in [6.07, 6.45) is 0. The molecule has 3 aromatic rings. The molecule has 1 atom stereocenters. The largest absolute Gasteiger partial charge is 0.507 e. The maximum Gasteiger partial charge on any atom is 0.341 e. The van der Waals surface area contributed by atoms with Gasteiger partial charge in [-0.2, -0.15) is 0 Å². The Kier molecular flexibility index (Phi) is 6.58. The third-order valence-corrected chi connectivity index (χ3v) is 5.79. The first-order valence-corrected chi connectivity index (χ1v) is 10.8. The number of carbonyl (C=O) groups is 3. The number of ether oxygens (including phenoxy) is 1. The van der Waals surface area contributed by atoms with Crippen LogP contribution in [-0.2, 0) is 14.4 Å². The molecule has 0 saturated carbocycles. The summed E-state index contributed by atoms with van der Waals surface area (Å²) < 4.78 is 5.14. The molecule has 0 bridgehead atoms. The van der Waals surface area contributed by atoms with E-state index in [1.807, 2.05) is 0 Å². The highest BCUT2D eigenvalue weighted by Crippen LogP contribution is 2.44. The van der Waals surface area contributed by atoms with Gasteiger partial charge >= 0.3 is 5.97 Å². The molecule has 1 aliphatic heterocycles. The zero-order valence-corrected chi connectivity index (χ0v) is 19.0. The van der Waals surface area contributed by atoms with Crippen LogP contribution in [0.4, 0.5) is 5.69 Å². The minimum Gasteiger partial charge on any atom is -0.507 e. The smallest absolute Gasteiger partial charge is 0.341 e. The quantitative estimate of drug-likeness (QED) is 0.279. The Morgan fingerprint density at radius 1 is 0.941 bits per heavy atom. The van der Waals surface area contributed by atoms with E-state index in [1.165, 1.54) is 35.2 Å². The molecule has 4 rings (SSSR count). The number of Topliss-reactive ketones (excluding diaryl/α,β-unsaturated/α-hetero) is 1. The second-order valence-electron chi connectivity index (χ2n) is 7.38. The Labute approximate surface area is 204 Å². The van der Waals surface area contributed by atoms with Gasteiger partial charge in [-0.25, -0.2) is 4.79 Å². The molecule has 7 nitrogen and oxygen atoms in total. The first-order chi connectivity index (χ1) is 16.3. The van der Waals surface area contributed by atoms with Gasteiger partial charge in [-0.1, -0.05) is 59.6 Å². The van der Waals surface area contributed by atoms with Crippen molar-refractivity contribution in [3.05, 3.63) is 99.5 Å². The third-order valence-electron chi connectivity index (χ3n) is 5.23. The standard InChI is InChI=1S/C25H17Cl2NO6/c26-15-6-11-18(19(27)12-15)22-21(23(31)14-4-2-1-3-5-14)24(32)25(33)28(22)16-7-9-17(10-8-16)34-13-20(29)30/h1-12,22,31H,13H2,(H,29,30)/t22-/m0/s1. The highest BCUT2D eigenvalue weighted by Gasteiger charge is 2.47. The molecule has 1 heterocycles. The fraction of sp³-hybridized carbons (Fsp3) is 0.0800. The Morgan fingerprint density at radius 3 is 2.24 bits per heavy atom. The van der Waals surface area contributed by atoms with Crippen molar-refractivity contribution < 1.29 is 29.3 Å². The van der Waals surface area contributed by atoms with Crippen LogP contribution in [0.25, 0.3) is 5.76 Å². The lowest BCUT2D eigenvalue weighted by Gasteiger charge is -2.26. The summed E-state index contributed by atoms with van der Waals surface area (Å²) in [5, 5.41) is 20.4. The molecule has 0 aromatic heterocycles. The van der Waals surface area contributed by atoms with E-state index < -0.39 is 30.3 Å². The lowest BCUT2D eigenvalue weighted by Crippen LogP contribution is -2.29. The van der Waals surface area contributed by atoms with Gasteiger partial charge in [0.05, 0.1) is 11.6 Å². The predicted molar refractivity (Wildman–Crippen MR) is 127 cm³/mol. The van der Waals surface area contributed by atoms with Crippen molar-refractivity contribution in [2.24, 2.45) is 0 Å². The topological polar surface area (TPSA) is 104 Å². The van der Waals surface area contributed by atoms with Crippen molar-refractivity contribution in [2.75, 3.05) is 11.5 Å². The number of aliphatic hydroxyl groups excluding tert-OH is 1. The van der Waals surface area contributed by atoms with Crippen LogP contribution >= 0.6 is 23.2 Å². The molecule has 1 fully saturated rings. The number of hydrogen-bond acceptors (Lipinski definition) is 5. The van der Waals surface area contributed by atoms with Gasteiger partial charge in [0.15, 0.2) is 6.61 Å². The third kappa shape index (κ3) is 4.48. The van der Waals surface area contributed by atoms with Crippen LogP contribution in [0.15, 0.2) is 78.4 Å². The molecule has 1 amide bonds. The van der Waals surface area contributed by atoms with E-state index in [4.69, 9.17) is 33.0 Å². The van der Waals surface area contributed by atoms with Gasteiger partial charge < -0.3 is 14.9 Å². The molecule has 0 radical (unpaired) electrons. The van der Waals surface area contributed by atoms with E-state index >= 15 is 0 Å². The Hall–Kier alpha value is -3.81. The number of aliphatic hydroxyl groups is 1. The van der Waals surface area contributed by atoms with Crippen molar-refractivity contribution in [1.82, 2.24) is 0 Å². The summed E-state index contributed by atoms with van der Waals surface area (Å²) >= 11 is 12.5. The molecule has 9 heteroatoms. The van der Waals surface area contributed by atoms with E-state index in [0.717, 1.165) is 0 Å². The first kappa shape index (κ1) is 23.4. The Morgan fingerprint density at radius 2 is 1.62 bits per heavy atom. The number of amides is 1. The number of carboxylic acid groups (broad SMARTS) is 1. The second kappa shape index (κ2) is 9.59. The van der Waals surface area contributed by atoms with Crippen molar-refractivity contribution >= 4 is 52.3 Å². The molecule has 172 valence electrons. The van der Waals surface area contributed by atoms with Gasteiger partial charge in [0, 0.05) is 21.3 Å². The van der Waals surface area contributed by atoms with Gasteiger partial charge in [-0.3, -0.25) is 14.5 Å². The molecule has 0 unspecified atom stereocenters. The molecule has 0 aliphatic carbocycles. The monoisotopic (exact) mass is 497 g/mol. The highest BCUT2D eigenvalue weighted by atomic mass is 35.5. The zero-order valence-electron chi connectivity index (χ0n) is 17.4. The number of ketones is 1. The van der Waals surface area contributed by atoms with Crippen LogP contribution in [0.5, 0.6) is 5.75 Å². The van der Waals surface area contributed by atoms with E-state index in [0.29, 0.717) is 21.8 Å². The Bertz CT molecular complexity index is 1300. The average molecular weight is 498 g/mol. The number of halogens is 2. The predicted octanol–water partition coefficient (Wildman–Crippen LogP) is 5.08. The van der Waals surface area contributed by atoms with E-state index in [2.05, 4.69) is 0 Å². The molecule has 34 heavy (non-hydrogen) atoms. The average Bonchev–Trinajstić information content (AvgIpc) is 3.08. The molecule has 3 aromatic carbocycles. The van der Waals surface area contributed by atoms with Crippen LogP contribution < -0.4 is 9.64 Å². The number of rotatable bonds is 6. The molecule has 0 spiro atoms. The van der Waals surface area contributed by atoms with Crippen LogP contribution in [-0.4, -0.2) is 34.5 Å². The maximum atomic E-state index is 13.2. The second-order valence-corrected chi connectivity index (χ2v) is 8.22. The molecular formula is C25H17Cl2NO6. The van der Waals surface area contributed by atoms with Crippen LogP contribution in [0, 0.1) is 0 Å². The summed E-state index contributed by atoms with van der Waals surface area (Å²) in [6, 6.07) is 18.0. The lowest BCUT2D eigenvalue weighted by molar-refractivity contribution is -0.139. The minimum absolute atomic E-state index is 0.119. The van der Waals surface area contributed by atoms with Crippen molar-refractivity contribution in [3.8, 4) is 5.75 Å². The number of anilines is 1. The van der Waals surface area contributed by atoms with Crippen LogP contribution in [0.1, 0.15) is 17.2 Å². The summed E-state index contributed by atoms with van der Waals surface area (Å²) in [6.45, 7) is -0.526. The zero-order chi connectivity index (χ0) is 24.4. The molecule has 1 saturated heterocycles. The maximum absolute atomic E-state index is 13.2. The van der Waals surface area contributed by atoms with Crippen LogP contribution in [0.3, 0.4) is 0 Å². The number of carboxylic acids is 1. The molecular weight excluding hydrogens is 481 g/mol. The van der Waals surface area contributed by atoms with Gasteiger partial charge in [0.2, 0.25) is 0 Å². The number of hydrogen-bond donors (Lipinski definition) is 2. The first-order valence-electron chi connectivity index (χ1n) is 10.0. The number of nitrogens with zero attached hydrogens (tertiary/aromatic N) is 1. The van der Waals surface area contributed by atoms with Gasteiger partial charge in [-0.05, 0) is 42.0 Å². The fourth-order valence-electron chi connectivity index (χ4n) is 3.72. The van der Waals surface area contributed by atoms with Gasteiger partial charge in [-0.15, -0.1) is 0 Å². The van der Waals surface area contributed by atoms with Crippen LogP contribution in [0.2, 0.25) is 10.0 Å². The fourth-order valence-corrected chi connectivity index (χ4v) is 4.23. The minimum atomic E-state index is -1.13. The molecule has 1 aliphatic rings. The Balaban J connectivity index is 1.86. The van der Waals surface area contributed by atoms with Gasteiger partial charge in [0.25, 0.3) is 11.7 Å². The van der Waals surface area contributed by atoms with Crippen molar-refractivity contribution in [2.45, 2.75) is 6.04 Å². The van der Waals surface area contributed by atoms with E-state index in [9.17, 15) is 19.5 Å². The van der Waals surface area contributed by atoms with E-state index in [-0.39, 0.29) is 22.1 Å². The highest BCUT2D eigenvalue weighted by molar-refractivity contribution is 6.52. The number of benzene rings is 3. The van der Waals surface area contributed by atoms with Gasteiger partial charge in [0.1, 0.15) is 11.5 Å². The number of aliphatic carboxylic acids is 1. The lowest BCUT2D eigenvalue weighted by atomic mass is 9.95. The molecule has 2 N–H and O–H groups in total. The van der Waals surface area contributed by atoms with Crippen molar-refractivity contribution in [3.63, 3.8) is 0 Å². The summed E-state index contributed by atoms with van der Waals surface area (Å²) in [5.41, 5.74) is 0.974. The van der Waals surface area contributed by atoms with Crippen molar-refractivity contribution in [1.29, 1.82) is 0 Å². The van der Waals surface area contributed by atoms with E-state index in [1.54, 1.807) is 42.5 Å². The summed E-state index contributed by atoms with van der Waals surface area (Å²) in [5.74, 6) is -2.92. The summed E-state index contributed by atoms with van der Waals surface area (Å²) in [4.78, 5) is 38.3.